The molecule has 0 atom stereocenters. The summed E-state index contributed by atoms with van der Waals surface area (Å²) in [5, 5.41) is 1.60. The van der Waals surface area contributed by atoms with Crippen LogP contribution in [0.4, 0.5) is 0 Å². The number of hydrogen-bond acceptors (Lipinski definition) is 6. The van der Waals surface area contributed by atoms with Gasteiger partial charge in [-0.25, -0.2) is 4.98 Å². The SMILES string of the molecule is CCOc1ccc(OCCSc2nc3sc4c(c3c(=O)n2C)CCCC4)cc1. The van der Waals surface area contributed by atoms with Gasteiger partial charge >= 0.3 is 0 Å². The molecule has 0 unspecified atom stereocenters. The number of rotatable bonds is 7. The fourth-order valence-electron chi connectivity index (χ4n) is 3.49. The Kier molecular flexibility index (Phi) is 5.92. The van der Waals surface area contributed by atoms with Crippen molar-refractivity contribution in [3.63, 3.8) is 0 Å². The van der Waals surface area contributed by atoms with Crippen LogP contribution in [0.25, 0.3) is 10.2 Å². The summed E-state index contributed by atoms with van der Waals surface area (Å²) in [6.07, 6.45) is 4.47. The lowest BCUT2D eigenvalue weighted by Crippen LogP contribution is -2.21. The third kappa shape index (κ3) is 3.91. The van der Waals surface area contributed by atoms with Crippen LogP contribution < -0.4 is 15.0 Å². The number of ether oxygens (including phenoxy) is 2. The molecule has 1 aliphatic rings. The lowest BCUT2D eigenvalue weighted by atomic mass is 9.97. The number of thioether (sulfide) groups is 1. The van der Waals surface area contributed by atoms with E-state index in [0.29, 0.717) is 13.2 Å². The maximum atomic E-state index is 12.9. The number of aromatic nitrogens is 2. The molecule has 0 saturated carbocycles. The van der Waals surface area contributed by atoms with Crippen molar-refractivity contribution < 1.29 is 9.47 Å². The van der Waals surface area contributed by atoms with Gasteiger partial charge in [-0.05, 0) is 62.4 Å². The van der Waals surface area contributed by atoms with Crippen molar-refractivity contribution in [1.29, 1.82) is 0 Å². The minimum absolute atomic E-state index is 0.0827. The highest BCUT2D eigenvalue weighted by atomic mass is 32.2. The molecule has 2 aromatic heterocycles. The Bertz CT molecular complexity index is 1020. The van der Waals surface area contributed by atoms with E-state index in [9.17, 15) is 4.79 Å². The monoisotopic (exact) mass is 416 g/mol. The zero-order valence-corrected chi connectivity index (χ0v) is 17.8. The van der Waals surface area contributed by atoms with E-state index in [4.69, 9.17) is 14.5 Å². The zero-order valence-electron chi connectivity index (χ0n) is 16.2. The topological polar surface area (TPSA) is 53.4 Å². The molecule has 1 aromatic carbocycles. The molecule has 4 rings (SSSR count). The largest absolute Gasteiger partial charge is 0.494 e. The first-order chi connectivity index (χ1) is 13.7. The Morgan fingerprint density at radius 2 is 1.86 bits per heavy atom. The highest BCUT2D eigenvalue weighted by molar-refractivity contribution is 7.99. The van der Waals surface area contributed by atoms with Gasteiger partial charge in [-0.1, -0.05) is 11.8 Å². The van der Waals surface area contributed by atoms with Crippen molar-refractivity contribution in [1.82, 2.24) is 9.55 Å². The zero-order chi connectivity index (χ0) is 19.5. The Morgan fingerprint density at radius 3 is 2.61 bits per heavy atom. The number of fused-ring (bicyclic) bond motifs is 3. The van der Waals surface area contributed by atoms with Gasteiger partial charge in [-0.3, -0.25) is 9.36 Å². The molecule has 148 valence electrons. The molecule has 3 aromatic rings. The summed E-state index contributed by atoms with van der Waals surface area (Å²) in [7, 11) is 1.82. The van der Waals surface area contributed by atoms with Gasteiger partial charge in [0.25, 0.3) is 5.56 Å². The molecule has 0 fully saturated rings. The summed E-state index contributed by atoms with van der Waals surface area (Å²) >= 11 is 3.26. The summed E-state index contributed by atoms with van der Waals surface area (Å²) in [5.74, 6) is 2.38. The van der Waals surface area contributed by atoms with Crippen LogP contribution >= 0.6 is 23.1 Å². The van der Waals surface area contributed by atoms with E-state index in [2.05, 4.69) is 0 Å². The summed E-state index contributed by atoms with van der Waals surface area (Å²) in [4.78, 5) is 19.9. The van der Waals surface area contributed by atoms with Gasteiger partial charge in [0.2, 0.25) is 0 Å². The lowest BCUT2D eigenvalue weighted by Gasteiger charge is -2.11. The number of benzene rings is 1. The maximum absolute atomic E-state index is 12.9. The predicted molar refractivity (Wildman–Crippen MR) is 115 cm³/mol. The number of nitrogens with zero attached hydrogens (tertiary/aromatic N) is 2. The van der Waals surface area contributed by atoms with Gasteiger partial charge in [0, 0.05) is 17.7 Å². The lowest BCUT2D eigenvalue weighted by molar-refractivity contribution is 0.332. The minimum Gasteiger partial charge on any atom is -0.494 e. The van der Waals surface area contributed by atoms with Gasteiger partial charge in [0.15, 0.2) is 5.16 Å². The van der Waals surface area contributed by atoms with Gasteiger partial charge in [0.05, 0.1) is 18.6 Å². The quantitative estimate of drug-likeness (QED) is 0.324. The van der Waals surface area contributed by atoms with Crippen molar-refractivity contribution in [3.8, 4) is 11.5 Å². The highest BCUT2D eigenvalue weighted by Crippen LogP contribution is 2.34. The molecule has 0 radical (unpaired) electrons. The van der Waals surface area contributed by atoms with Gasteiger partial charge in [-0.15, -0.1) is 11.3 Å². The van der Waals surface area contributed by atoms with Crippen molar-refractivity contribution >= 4 is 33.3 Å². The van der Waals surface area contributed by atoms with E-state index in [0.717, 1.165) is 45.5 Å². The molecule has 0 spiro atoms. The molecule has 0 bridgehead atoms. The Labute approximate surface area is 172 Å². The second-order valence-corrected chi connectivity index (χ2v) is 8.90. The Hall–Kier alpha value is -1.99. The van der Waals surface area contributed by atoms with E-state index in [1.807, 2.05) is 38.2 Å². The van der Waals surface area contributed by atoms with Crippen molar-refractivity contribution in [2.75, 3.05) is 19.0 Å². The van der Waals surface area contributed by atoms with Crippen LogP contribution in [0.2, 0.25) is 0 Å². The number of aryl methyl sites for hydroxylation is 2. The van der Waals surface area contributed by atoms with Crippen molar-refractivity contribution in [3.05, 3.63) is 45.1 Å². The van der Waals surface area contributed by atoms with Gasteiger partial charge in [-0.2, -0.15) is 0 Å². The average Bonchev–Trinajstić information content (AvgIpc) is 3.08. The summed E-state index contributed by atoms with van der Waals surface area (Å²) in [5.41, 5.74) is 1.33. The second kappa shape index (κ2) is 8.57. The van der Waals surface area contributed by atoms with Crippen LogP contribution in [0.1, 0.15) is 30.2 Å². The van der Waals surface area contributed by atoms with E-state index in [1.165, 1.54) is 23.3 Å². The Balaban J connectivity index is 1.42. The standard InChI is InChI=1S/C21H24N2O3S2/c1-3-25-14-8-10-15(11-9-14)26-12-13-27-21-22-19-18(20(24)23(21)2)16-6-4-5-7-17(16)28-19/h8-11H,3-7,12-13H2,1-2H3. The molecule has 5 nitrogen and oxygen atoms in total. The first-order valence-electron chi connectivity index (χ1n) is 9.67. The van der Waals surface area contributed by atoms with E-state index < -0.39 is 0 Å². The summed E-state index contributed by atoms with van der Waals surface area (Å²) < 4.78 is 12.9. The van der Waals surface area contributed by atoms with E-state index in [1.54, 1.807) is 27.7 Å². The second-order valence-electron chi connectivity index (χ2n) is 6.75. The molecule has 0 amide bonds. The van der Waals surface area contributed by atoms with Crippen LogP contribution in [0, 0.1) is 0 Å². The number of hydrogen-bond donors (Lipinski definition) is 0. The molecule has 0 N–H and O–H groups in total. The van der Waals surface area contributed by atoms with Gasteiger partial charge < -0.3 is 9.47 Å². The smallest absolute Gasteiger partial charge is 0.262 e. The van der Waals surface area contributed by atoms with Crippen LogP contribution in [0.3, 0.4) is 0 Å². The number of thiophene rings is 1. The average molecular weight is 417 g/mol. The van der Waals surface area contributed by atoms with E-state index in [-0.39, 0.29) is 5.56 Å². The summed E-state index contributed by atoms with van der Waals surface area (Å²) in [6, 6.07) is 7.63. The first kappa shape index (κ1) is 19.3. The van der Waals surface area contributed by atoms with Crippen LogP contribution in [0.15, 0.2) is 34.2 Å². The Morgan fingerprint density at radius 1 is 1.14 bits per heavy atom. The van der Waals surface area contributed by atoms with Gasteiger partial charge in [0.1, 0.15) is 16.3 Å². The van der Waals surface area contributed by atoms with Crippen LogP contribution in [-0.2, 0) is 19.9 Å². The normalized spacial score (nSPS) is 13.5. The van der Waals surface area contributed by atoms with Crippen LogP contribution in [-0.4, -0.2) is 28.5 Å². The molecule has 2 heterocycles. The van der Waals surface area contributed by atoms with Crippen LogP contribution in [0.5, 0.6) is 11.5 Å². The fraction of sp³-hybridized carbons (Fsp3) is 0.429. The fourth-order valence-corrected chi connectivity index (χ4v) is 5.58. The first-order valence-corrected chi connectivity index (χ1v) is 11.5. The van der Waals surface area contributed by atoms with Crippen molar-refractivity contribution in [2.24, 2.45) is 7.05 Å². The molecular weight excluding hydrogens is 392 g/mol. The molecule has 28 heavy (non-hydrogen) atoms. The van der Waals surface area contributed by atoms with Crippen molar-refractivity contribution in [2.45, 2.75) is 37.8 Å². The molecule has 1 aliphatic carbocycles. The maximum Gasteiger partial charge on any atom is 0.262 e. The third-order valence-corrected chi connectivity index (χ3v) is 7.05. The summed E-state index contributed by atoms with van der Waals surface area (Å²) in [6.45, 7) is 3.17. The molecular formula is C21H24N2O3S2. The highest BCUT2D eigenvalue weighted by Gasteiger charge is 2.21. The molecule has 0 aliphatic heterocycles. The molecule has 7 heteroatoms. The minimum atomic E-state index is 0.0827. The van der Waals surface area contributed by atoms with E-state index >= 15 is 0 Å². The molecule has 0 saturated heterocycles. The predicted octanol–water partition coefficient (Wildman–Crippen LogP) is 4.44. The third-order valence-electron chi connectivity index (χ3n) is 4.87.